The number of amides is 1. The van der Waals surface area contributed by atoms with Gasteiger partial charge in [0.05, 0.1) is 85.9 Å². The highest BCUT2D eigenvalue weighted by Crippen LogP contribution is 2.06. The second-order valence-electron chi connectivity index (χ2n) is 8.82. The van der Waals surface area contributed by atoms with E-state index in [9.17, 15) is 4.79 Å². The van der Waals surface area contributed by atoms with Gasteiger partial charge in [-0.15, -0.1) is 11.6 Å². The van der Waals surface area contributed by atoms with Crippen LogP contribution in [0.25, 0.3) is 0 Å². The molecule has 0 saturated heterocycles. The van der Waals surface area contributed by atoms with Crippen LogP contribution in [0.2, 0.25) is 0 Å². The minimum atomic E-state index is -0.502. The summed E-state index contributed by atoms with van der Waals surface area (Å²) in [7, 11) is 0. The number of ether oxygens (including phenoxy) is 8. The van der Waals surface area contributed by atoms with Crippen molar-refractivity contribution in [2.45, 2.75) is 52.1 Å². The van der Waals surface area contributed by atoms with Crippen LogP contribution < -0.4 is 5.32 Å². The highest BCUT2D eigenvalue weighted by Gasteiger charge is 2.15. The van der Waals surface area contributed by atoms with Crippen LogP contribution in [0.5, 0.6) is 0 Å². The first kappa shape index (κ1) is 35.3. The van der Waals surface area contributed by atoms with Gasteiger partial charge in [-0.05, 0) is 33.6 Å². The van der Waals surface area contributed by atoms with Gasteiger partial charge in [0.15, 0.2) is 0 Å². The van der Waals surface area contributed by atoms with Crippen LogP contribution >= 0.6 is 11.6 Å². The normalized spacial score (nSPS) is 11.7. The lowest BCUT2D eigenvalue weighted by Crippen LogP contribution is -2.34. The van der Waals surface area contributed by atoms with Crippen molar-refractivity contribution < 1.29 is 42.7 Å². The molecular weight excluding hydrogens is 494 g/mol. The van der Waals surface area contributed by atoms with Crippen molar-refractivity contribution >= 4 is 17.7 Å². The number of carbonyl (C=O) groups is 1. The van der Waals surface area contributed by atoms with Crippen molar-refractivity contribution in [1.29, 1.82) is 0 Å². The maximum Gasteiger partial charge on any atom is 0.407 e. The molecule has 0 aliphatic rings. The van der Waals surface area contributed by atoms with Crippen LogP contribution in [0.15, 0.2) is 0 Å². The molecule has 1 amide bonds. The van der Waals surface area contributed by atoms with Crippen molar-refractivity contribution in [1.82, 2.24) is 5.32 Å². The Morgan fingerprint density at radius 2 is 0.917 bits per heavy atom. The standard InChI is InChI=1S/C25H50ClNO9/c1-25(2,3)36-24(28)27-9-11-30-13-15-32-17-19-34-21-23-35-22-20-33-18-16-31-14-12-29-10-7-5-4-6-8-26/h4-23H2,1-3H3,(H,27,28). The van der Waals surface area contributed by atoms with E-state index in [0.717, 1.165) is 25.3 Å². The van der Waals surface area contributed by atoms with Crippen molar-refractivity contribution in [2.75, 3.05) is 105 Å². The molecule has 0 unspecified atom stereocenters. The van der Waals surface area contributed by atoms with Crippen LogP contribution in [-0.2, 0) is 37.9 Å². The van der Waals surface area contributed by atoms with E-state index >= 15 is 0 Å². The minimum absolute atomic E-state index is 0.392. The predicted octanol–water partition coefficient (Wildman–Crippen LogP) is 3.43. The molecule has 0 atom stereocenters. The van der Waals surface area contributed by atoms with Gasteiger partial charge in [0, 0.05) is 19.0 Å². The zero-order chi connectivity index (χ0) is 26.6. The van der Waals surface area contributed by atoms with E-state index in [0.29, 0.717) is 92.4 Å². The molecule has 0 aliphatic heterocycles. The molecule has 0 saturated carbocycles. The van der Waals surface area contributed by atoms with Crippen LogP contribution in [-0.4, -0.2) is 117 Å². The number of alkyl carbamates (subject to hydrolysis) is 1. The number of carbonyl (C=O) groups excluding carboxylic acids is 1. The number of unbranched alkanes of at least 4 members (excludes halogenated alkanes) is 3. The van der Waals surface area contributed by atoms with Gasteiger partial charge < -0.3 is 43.2 Å². The van der Waals surface area contributed by atoms with E-state index in [2.05, 4.69) is 5.32 Å². The fraction of sp³-hybridized carbons (Fsp3) is 0.960. The molecule has 0 heterocycles. The van der Waals surface area contributed by atoms with Crippen molar-refractivity contribution in [2.24, 2.45) is 0 Å². The molecule has 0 spiro atoms. The molecule has 0 aromatic heterocycles. The van der Waals surface area contributed by atoms with Crippen molar-refractivity contribution in [3.8, 4) is 0 Å². The van der Waals surface area contributed by atoms with E-state index < -0.39 is 11.7 Å². The average molecular weight is 544 g/mol. The van der Waals surface area contributed by atoms with E-state index in [1.54, 1.807) is 0 Å². The summed E-state index contributed by atoms with van der Waals surface area (Å²) in [6, 6.07) is 0. The highest BCUT2D eigenvalue weighted by molar-refractivity contribution is 6.17. The summed E-state index contributed by atoms with van der Waals surface area (Å²) in [6.07, 6.45) is 4.05. The largest absolute Gasteiger partial charge is 0.444 e. The molecule has 0 bridgehead atoms. The number of rotatable bonds is 27. The number of halogens is 1. The zero-order valence-electron chi connectivity index (χ0n) is 22.7. The Labute approximate surface area is 222 Å². The van der Waals surface area contributed by atoms with E-state index in [-0.39, 0.29) is 0 Å². The van der Waals surface area contributed by atoms with Gasteiger partial charge in [-0.2, -0.15) is 0 Å². The molecule has 0 aromatic carbocycles. The van der Waals surface area contributed by atoms with Gasteiger partial charge >= 0.3 is 6.09 Å². The van der Waals surface area contributed by atoms with Crippen LogP contribution in [0.4, 0.5) is 4.79 Å². The van der Waals surface area contributed by atoms with Gasteiger partial charge in [-0.3, -0.25) is 0 Å². The predicted molar refractivity (Wildman–Crippen MR) is 139 cm³/mol. The maximum absolute atomic E-state index is 11.4. The molecule has 0 rings (SSSR count). The summed E-state index contributed by atoms with van der Waals surface area (Å²) in [5.41, 5.74) is -0.502. The molecule has 1 N–H and O–H groups in total. The van der Waals surface area contributed by atoms with E-state index in [1.165, 1.54) is 12.8 Å². The summed E-state index contributed by atoms with van der Waals surface area (Å²) >= 11 is 5.64. The molecule has 36 heavy (non-hydrogen) atoms. The van der Waals surface area contributed by atoms with Crippen LogP contribution in [0.1, 0.15) is 46.5 Å². The van der Waals surface area contributed by atoms with Gasteiger partial charge in [0.25, 0.3) is 0 Å². The SMILES string of the molecule is CC(C)(C)OC(=O)NCCOCCOCCOCCOCCOCCOCCOCCCCCCCl. The smallest absolute Gasteiger partial charge is 0.407 e. The quantitative estimate of drug-likeness (QED) is 0.123. The second-order valence-corrected chi connectivity index (χ2v) is 9.20. The molecule has 10 nitrogen and oxygen atoms in total. The molecule has 11 heteroatoms. The van der Waals surface area contributed by atoms with Crippen LogP contribution in [0, 0.1) is 0 Å². The minimum Gasteiger partial charge on any atom is -0.444 e. The number of hydrogen-bond donors (Lipinski definition) is 1. The average Bonchev–Trinajstić information content (AvgIpc) is 2.82. The van der Waals surface area contributed by atoms with Gasteiger partial charge in [-0.1, -0.05) is 12.8 Å². The topological polar surface area (TPSA) is 103 Å². The van der Waals surface area contributed by atoms with Crippen molar-refractivity contribution in [3.05, 3.63) is 0 Å². The Bertz CT molecular complexity index is 467. The Morgan fingerprint density at radius 3 is 1.31 bits per heavy atom. The van der Waals surface area contributed by atoms with E-state index in [4.69, 9.17) is 49.5 Å². The summed E-state index contributed by atoms with van der Waals surface area (Å²) in [4.78, 5) is 11.4. The van der Waals surface area contributed by atoms with Crippen LogP contribution in [0.3, 0.4) is 0 Å². The third-order valence-electron chi connectivity index (χ3n) is 4.32. The summed E-state index contributed by atoms with van der Waals surface area (Å²) in [6.45, 7) is 13.3. The molecular formula is C25H50ClNO9. The number of nitrogens with one attached hydrogen (secondary N) is 1. The van der Waals surface area contributed by atoms with Gasteiger partial charge in [0.2, 0.25) is 0 Å². The first-order valence-electron chi connectivity index (χ1n) is 13.0. The lowest BCUT2D eigenvalue weighted by molar-refractivity contribution is -0.0205. The third-order valence-corrected chi connectivity index (χ3v) is 4.59. The summed E-state index contributed by atoms with van der Waals surface area (Å²) in [5.74, 6) is 0.743. The second kappa shape index (κ2) is 27.3. The lowest BCUT2D eigenvalue weighted by Gasteiger charge is -2.19. The molecule has 216 valence electrons. The van der Waals surface area contributed by atoms with Gasteiger partial charge in [-0.25, -0.2) is 4.79 Å². The fourth-order valence-corrected chi connectivity index (χ4v) is 2.80. The number of hydrogen-bond acceptors (Lipinski definition) is 9. The highest BCUT2D eigenvalue weighted by atomic mass is 35.5. The Hall–Kier alpha value is -0.720. The zero-order valence-corrected chi connectivity index (χ0v) is 23.5. The third kappa shape index (κ3) is 31.3. The first-order valence-corrected chi connectivity index (χ1v) is 13.6. The molecule has 0 radical (unpaired) electrons. The van der Waals surface area contributed by atoms with Gasteiger partial charge in [0.1, 0.15) is 5.60 Å². The van der Waals surface area contributed by atoms with E-state index in [1.807, 2.05) is 20.8 Å². The molecule has 0 aliphatic carbocycles. The summed E-state index contributed by atoms with van der Waals surface area (Å²) < 4.78 is 43.2. The Morgan fingerprint density at radius 1 is 0.556 bits per heavy atom. The Kier molecular flexibility index (Phi) is 26.8. The monoisotopic (exact) mass is 543 g/mol. The first-order chi connectivity index (χ1) is 17.5. The fourth-order valence-electron chi connectivity index (χ4n) is 2.61. The number of alkyl halides is 1. The summed E-state index contributed by atoms with van der Waals surface area (Å²) in [5, 5.41) is 2.63. The molecule has 0 aromatic rings. The molecule has 0 fully saturated rings. The van der Waals surface area contributed by atoms with Crippen molar-refractivity contribution in [3.63, 3.8) is 0 Å². The maximum atomic E-state index is 11.4. The lowest BCUT2D eigenvalue weighted by atomic mass is 10.2. The Balaban J connectivity index is 3.09.